The molecule has 120 valence electrons. The van der Waals surface area contributed by atoms with Crippen molar-refractivity contribution in [3.63, 3.8) is 0 Å². The highest BCUT2D eigenvalue weighted by atomic mass is 32.2. The van der Waals surface area contributed by atoms with E-state index in [-0.39, 0.29) is 12.0 Å². The molecule has 21 heavy (non-hydrogen) atoms. The second kappa shape index (κ2) is 6.70. The molecule has 2 rings (SSSR count). The molecule has 2 unspecified atom stereocenters. The predicted octanol–water partition coefficient (Wildman–Crippen LogP) is 1.33. The first-order chi connectivity index (χ1) is 9.83. The third-order valence-corrected chi connectivity index (χ3v) is 6.73. The van der Waals surface area contributed by atoms with Crippen molar-refractivity contribution < 1.29 is 8.42 Å². The van der Waals surface area contributed by atoms with Crippen LogP contribution in [-0.4, -0.2) is 37.3 Å². The minimum absolute atomic E-state index is 0.262. The van der Waals surface area contributed by atoms with E-state index in [2.05, 4.69) is 9.71 Å². The molecule has 1 fully saturated rings. The zero-order chi connectivity index (χ0) is 15.6. The van der Waals surface area contributed by atoms with Crippen LogP contribution in [-0.2, 0) is 10.2 Å². The standard InChI is InChI=1S/C13H24N4O2S2/c1-9-13(20-11(3)15-9)10(2)16-21(18,19)17-6-4-5-12(7-14)8-17/h10,12,16H,4-8,14H2,1-3H3. The fraction of sp³-hybridized carbons (Fsp3) is 0.769. The van der Waals surface area contributed by atoms with Gasteiger partial charge in [0.05, 0.1) is 16.7 Å². The van der Waals surface area contributed by atoms with E-state index >= 15 is 0 Å². The molecule has 6 nitrogen and oxygen atoms in total. The Labute approximate surface area is 130 Å². The van der Waals surface area contributed by atoms with Crippen molar-refractivity contribution in [2.75, 3.05) is 19.6 Å². The molecule has 0 bridgehead atoms. The maximum atomic E-state index is 12.5. The topological polar surface area (TPSA) is 88.3 Å². The van der Waals surface area contributed by atoms with Crippen molar-refractivity contribution in [1.29, 1.82) is 0 Å². The molecule has 0 radical (unpaired) electrons. The Bertz CT molecular complexity index is 585. The molecular formula is C13H24N4O2S2. The molecule has 1 saturated heterocycles. The molecule has 2 heterocycles. The van der Waals surface area contributed by atoms with Crippen LogP contribution in [0.25, 0.3) is 0 Å². The zero-order valence-electron chi connectivity index (χ0n) is 12.8. The van der Waals surface area contributed by atoms with Gasteiger partial charge in [0, 0.05) is 18.0 Å². The molecule has 1 aliphatic heterocycles. The van der Waals surface area contributed by atoms with Crippen molar-refractivity contribution in [1.82, 2.24) is 14.0 Å². The van der Waals surface area contributed by atoms with Crippen LogP contribution in [0.1, 0.15) is 41.4 Å². The van der Waals surface area contributed by atoms with E-state index in [1.165, 1.54) is 15.6 Å². The van der Waals surface area contributed by atoms with E-state index in [9.17, 15) is 8.42 Å². The van der Waals surface area contributed by atoms with E-state index in [4.69, 9.17) is 5.73 Å². The second-order valence-corrected chi connectivity index (χ2v) is 8.57. The first kappa shape index (κ1) is 16.8. The summed E-state index contributed by atoms with van der Waals surface area (Å²) in [6.07, 6.45) is 1.88. The van der Waals surface area contributed by atoms with Crippen molar-refractivity contribution in [2.24, 2.45) is 11.7 Å². The highest BCUT2D eigenvalue weighted by Gasteiger charge is 2.30. The first-order valence-electron chi connectivity index (χ1n) is 7.25. The highest BCUT2D eigenvalue weighted by Crippen LogP contribution is 2.26. The lowest BCUT2D eigenvalue weighted by Gasteiger charge is -2.32. The van der Waals surface area contributed by atoms with Gasteiger partial charge in [0.15, 0.2) is 0 Å². The summed E-state index contributed by atoms with van der Waals surface area (Å²) in [6, 6.07) is -0.264. The Morgan fingerprint density at radius 1 is 1.52 bits per heavy atom. The molecule has 0 saturated carbocycles. The third kappa shape index (κ3) is 4.01. The van der Waals surface area contributed by atoms with Gasteiger partial charge in [0.25, 0.3) is 10.2 Å². The van der Waals surface area contributed by atoms with E-state index in [0.29, 0.717) is 19.6 Å². The largest absolute Gasteiger partial charge is 0.330 e. The molecule has 8 heteroatoms. The lowest BCUT2D eigenvalue weighted by atomic mass is 10.0. The summed E-state index contributed by atoms with van der Waals surface area (Å²) in [4.78, 5) is 5.33. The minimum Gasteiger partial charge on any atom is -0.330 e. The van der Waals surface area contributed by atoms with E-state index in [1.807, 2.05) is 20.8 Å². The number of aryl methyl sites for hydroxylation is 2. The lowest BCUT2D eigenvalue weighted by Crippen LogP contribution is -2.47. The van der Waals surface area contributed by atoms with Crippen molar-refractivity contribution in [3.05, 3.63) is 15.6 Å². The number of rotatable bonds is 5. The number of hydrogen-bond acceptors (Lipinski definition) is 5. The summed E-state index contributed by atoms with van der Waals surface area (Å²) in [7, 11) is -3.47. The van der Waals surface area contributed by atoms with Crippen molar-refractivity contribution in [2.45, 2.75) is 39.7 Å². The van der Waals surface area contributed by atoms with Gasteiger partial charge in [-0.25, -0.2) is 4.98 Å². The predicted molar refractivity (Wildman–Crippen MR) is 85.4 cm³/mol. The van der Waals surface area contributed by atoms with Crippen LogP contribution in [0.5, 0.6) is 0 Å². The Hall–Kier alpha value is -0.540. The maximum Gasteiger partial charge on any atom is 0.280 e. The van der Waals surface area contributed by atoms with Gasteiger partial charge in [-0.1, -0.05) is 0 Å². The molecular weight excluding hydrogens is 308 g/mol. The lowest BCUT2D eigenvalue weighted by molar-refractivity contribution is 0.267. The Balaban J connectivity index is 2.08. The molecule has 0 spiro atoms. The SMILES string of the molecule is Cc1nc(C)c(C(C)NS(=O)(=O)N2CCCC(CN)C2)s1. The fourth-order valence-electron chi connectivity index (χ4n) is 2.74. The third-order valence-electron chi connectivity index (χ3n) is 3.81. The van der Waals surface area contributed by atoms with Crippen molar-refractivity contribution >= 4 is 21.5 Å². The summed E-state index contributed by atoms with van der Waals surface area (Å²) < 4.78 is 29.3. The van der Waals surface area contributed by atoms with E-state index in [0.717, 1.165) is 28.4 Å². The fourth-order valence-corrected chi connectivity index (χ4v) is 5.23. The summed E-state index contributed by atoms with van der Waals surface area (Å²) in [5, 5.41) is 0.953. The maximum absolute atomic E-state index is 12.5. The van der Waals surface area contributed by atoms with Crippen LogP contribution in [0.4, 0.5) is 0 Å². The van der Waals surface area contributed by atoms with Gasteiger partial charge >= 0.3 is 0 Å². The summed E-state index contributed by atoms with van der Waals surface area (Å²) in [6.45, 7) is 7.32. The Morgan fingerprint density at radius 2 is 2.24 bits per heavy atom. The van der Waals surface area contributed by atoms with Gasteiger partial charge in [-0.05, 0) is 46.1 Å². The smallest absolute Gasteiger partial charge is 0.280 e. The molecule has 0 aliphatic carbocycles. The number of nitrogens with two attached hydrogens (primary N) is 1. The Kier molecular flexibility index (Phi) is 5.37. The number of nitrogens with zero attached hydrogens (tertiary/aromatic N) is 2. The summed E-state index contributed by atoms with van der Waals surface area (Å²) >= 11 is 1.54. The number of thiazole rings is 1. The monoisotopic (exact) mass is 332 g/mol. The summed E-state index contributed by atoms with van der Waals surface area (Å²) in [5.41, 5.74) is 6.57. The molecule has 3 N–H and O–H groups in total. The van der Waals surface area contributed by atoms with Gasteiger partial charge in [0.1, 0.15) is 0 Å². The van der Waals surface area contributed by atoms with Gasteiger partial charge in [-0.3, -0.25) is 0 Å². The van der Waals surface area contributed by atoms with Crippen LogP contribution in [0.2, 0.25) is 0 Å². The van der Waals surface area contributed by atoms with E-state index in [1.54, 1.807) is 0 Å². The average molecular weight is 332 g/mol. The minimum atomic E-state index is -3.47. The molecule has 1 aromatic heterocycles. The Morgan fingerprint density at radius 3 is 2.81 bits per heavy atom. The summed E-state index contributed by atoms with van der Waals surface area (Å²) in [5.74, 6) is 0.262. The average Bonchev–Trinajstić information content (AvgIpc) is 2.77. The zero-order valence-corrected chi connectivity index (χ0v) is 14.4. The van der Waals surface area contributed by atoms with Gasteiger partial charge in [0.2, 0.25) is 0 Å². The number of piperidine rings is 1. The number of nitrogens with one attached hydrogen (secondary N) is 1. The molecule has 0 amide bonds. The molecule has 2 atom stereocenters. The quantitative estimate of drug-likeness (QED) is 0.851. The van der Waals surface area contributed by atoms with Crippen LogP contribution in [0.3, 0.4) is 0 Å². The van der Waals surface area contributed by atoms with Crippen LogP contribution in [0.15, 0.2) is 0 Å². The normalized spacial score (nSPS) is 22.4. The first-order valence-corrected chi connectivity index (χ1v) is 9.50. The van der Waals surface area contributed by atoms with Crippen LogP contribution < -0.4 is 10.5 Å². The molecule has 1 aromatic rings. The van der Waals surface area contributed by atoms with Crippen LogP contribution in [0, 0.1) is 19.8 Å². The van der Waals surface area contributed by atoms with Gasteiger partial charge < -0.3 is 5.73 Å². The molecule has 0 aromatic carbocycles. The second-order valence-electron chi connectivity index (χ2n) is 5.63. The molecule has 1 aliphatic rings. The van der Waals surface area contributed by atoms with E-state index < -0.39 is 10.2 Å². The number of aromatic nitrogens is 1. The van der Waals surface area contributed by atoms with Crippen LogP contribution >= 0.6 is 11.3 Å². The highest BCUT2D eigenvalue weighted by molar-refractivity contribution is 7.87. The van der Waals surface area contributed by atoms with Crippen molar-refractivity contribution in [3.8, 4) is 0 Å². The number of hydrogen-bond donors (Lipinski definition) is 2. The van der Waals surface area contributed by atoms with Gasteiger partial charge in [-0.15, -0.1) is 11.3 Å². The van der Waals surface area contributed by atoms with Gasteiger partial charge in [-0.2, -0.15) is 17.4 Å².